The molecule has 0 atom stereocenters. The summed E-state index contributed by atoms with van der Waals surface area (Å²) in [6.45, 7) is 5.60. The molecule has 0 spiro atoms. The molecule has 0 saturated carbocycles. The van der Waals surface area contributed by atoms with E-state index in [1.54, 1.807) is 37.3 Å². The molecule has 6 nitrogen and oxygen atoms in total. The van der Waals surface area contributed by atoms with Gasteiger partial charge < -0.3 is 19.1 Å². The van der Waals surface area contributed by atoms with E-state index in [2.05, 4.69) is 16.8 Å². The first-order valence-electron chi connectivity index (χ1n) is 6.33. The number of ether oxygens (including phenoxy) is 1. The van der Waals surface area contributed by atoms with Crippen LogP contribution in [0, 0.1) is 6.92 Å². The maximum absolute atomic E-state index is 11.2. The number of rotatable bonds is 7. The van der Waals surface area contributed by atoms with Crippen LogP contribution >= 0.6 is 11.8 Å². The number of aromatic nitrogens is 2. The summed E-state index contributed by atoms with van der Waals surface area (Å²) < 4.78 is 10.5. The number of aliphatic carboxylic acids is 1. The highest BCUT2D eigenvalue weighted by atomic mass is 32.2. The average Bonchev–Trinajstić information content (AvgIpc) is 2.91. The van der Waals surface area contributed by atoms with Gasteiger partial charge in [-0.05, 0) is 35.5 Å². The molecule has 2 aromatic rings. The number of hydrogen-bond acceptors (Lipinski definition) is 7. The second-order valence-corrected chi connectivity index (χ2v) is 5.15. The fourth-order valence-electron chi connectivity index (χ4n) is 1.51. The van der Waals surface area contributed by atoms with E-state index in [0.29, 0.717) is 23.8 Å². The molecule has 7 heteroatoms. The lowest BCUT2D eigenvalue weighted by atomic mass is 10.2. The van der Waals surface area contributed by atoms with E-state index in [-0.39, 0.29) is 10.1 Å². The van der Waals surface area contributed by atoms with Gasteiger partial charge in [-0.25, -0.2) is 0 Å². The van der Waals surface area contributed by atoms with Crippen molar-refractivity contribution >= 4 is 23.8 Å². The maximum Gasteiger partial charge on any atom is 0.281 e. The molecule has 1 heterocycles. The normalized spacial score (nSPS) is 11.2. The fraction of sp³-hybridized carbons (Fsp3) is 0.133. The smallest absolute Gasteiger partial charge is 0.281 e. The number of carbonyl (C=O) groups is 1. The second-order valence-electron chi connectivity index (χ2n) is 4.15. The van der Waals surface area contributed by atoms with Crippen LogP contribution in [0.1, 0.15) is 11.5 Å². The van der Waals surface area contributed by atoms with E-state index < -0.39 is 5.97 Å². The van der Waals surface area contributed by atoms with Gasteiger partial charge in [0.2, 0.25) is 5.89 Å². The molecular formula is C15H13N2O4S-. The Labute approximate surface area is 131 Å². The SMILES string of the molecule is C=CCOc1ccc(/C=C(\Sc2nnc(C)o2)C(=O)[O-])cc1. The fourth-order valence-corrected chi connectivity index (χ4v) is 2.22. The van der Waals surface area contributed by atoms with Crippen molar-refractivity contribution in [3.63, 3.8) is 0 Å². The van der Waals surface area contributed by atoms with E-state index in [4.69, 9.17) is 9.15 Å². The first-order chi connectivity index (χ1) is 10.6. The molecule has 0 bridgehead atoms. The van der Waals surface area contributed by atoms with Crippen LogP contribution in [0.25, 0.3) is 6.08 Å². The van der Waals surface area contributed by atoms with Gasteiger partial charge in [-0.15, -0.1) is 10.2 Å². The van der Waals surface area contributed by atoms with Crippen molar-refractivity contribution in [1.29, 1.82) is 0 Å². The van der Waals surface area contributed by atoms with Gasteiger partial charge in [0.05, 0.1) is 5.97 Å². The largest absolute Gasteiger partial charge is 0.544 e. The number of nitrogens with zero attached hydrogens (tertiary/aromatic N) is 2. The first kappa shape index (κ1) is 15.8. The highest BCUT2D eigenvalue weighted by Gasteiger charge is 2.09. The van der Waals surface area contributed by atoms with E-state index in [9.17, 15) is 9.90 Å². The van der Waals surface area contributed by atoms with Crippen molar-refractivity contribution in [3.05, 3.63) is 53.3 Å². The zero-order valence-corrected chi connectivity index (χ0v) is 12.6. The quantitative estimate of drug-likeness (QED) is 0.437. The molecule has 0 aliphatic heterocycles. The Kier molecular flexibility index (Phi) is 5.37. The van der Waals surface area contributed by atoms with Gasteiger partial charge in [-0.1, -0.05) is 24.8 Å². The van der Waals surface area contributed by atoms with Crippen LogP contribution in [0.15, 0.2) is 51.5 Å². The lowest BCUT2D eigenvalue weighted by Gasteiger charge is -2.06. The zero-order chi connectivity index (χ0) is 15.9. The molecule has 0 unspecified atom stereocenters. The molecule has 114 valence electrons. The maximum atomic E-state index is 11.2. The van der Waals surface area contributed by atoms with Gasteiger partial charge in [0.1, 0.15) is 12.4 Å². The monoisotopic (exact) mass is 317 g/mol. The number of thioether (sulfide) groups is 1. The van der Waals surface area contributed by atoms with E-state index >= 15 is 0 Å². The molecule has 22 heavy (non-hydrogen) atoms. The van der Waals surface area contributed by atoms with Crippen molar-refractivity contribution in [2.24, 2.45) is 0 Å². The summed E-state index contributed by atoms with van der Waals surface area (Å²) in [4.78, 5) is 11.2. The Bertz CT molecular complexity index is 692. The average molecular weight is 317 g/mol. The third-order valence-electron chi connectivity index (χ3n) is 2.45. The Morgan fingerprint density at radius 3 is 2.68 bits per heavy atom. The molecule has 0 fully saturated rings. The van der Waals surface area contributed by atoms with E-state index in [0.717, 1.165) is 11.8 Å². The summed E-state index contributed by atoms with van der Waals surface area (Å²) in [5.41, 5.74) is 0.689. The van der Waals surface area contributed by atoms with E-state index in [1.165, 1.54) is 6.08 Å². The zero-order valence-electron chi connectivity index (χ0n) is 11.8. The van der Waals surface area contributed by atoms with Crippen LogP contribution in [-0.4, -0.2) is 22.8 Å². The predicted octanol–water partition coefficient (Wildman–Crippen LogP) is 1.83. The molecule has 0 radical (unpaired) electrons. The third kappa shape index (κ3) is 4.49. The van der Waals surface area contributed by atoms with Crippen LogP contribution in [0.5, 0.6) is 5.75 Å². The summed E-state index contributed by atoms with van der Waals surface area (Å²) in [6.07, 6.45) is 3.11. The van der Waals surface area contributed by atoms with Crippen molar-refractivity contribution in [2.75, 3.05) is 6.61 Å². The Hall–Kier alpha value is -2.54. The lowest BCUT2D eigenvalue weighted by Crippen LogP contribution is -2.23. The predicted molar refractivity (Wildman–Crippen MR) is 80.0 cm³/mol. The van der Waals surface area contributed by atoms with Crippen LogP contribution in [0.2, 0.25) is 0 Å². The standard InChI is InChI=1S/C15H14N2O4S/c1-3-8-20-12-6-4-11(5-7-12)9-13(14(18)19)22-15-17-16-10(2)21-15/h3-7,9H,1,8H2,2H3,(H,18,19)/p-1/b13-9-. The van der Waals surface area contributed by atoms with Crippen LogP contribution in [-0.2, 0) is 4.79 Å². The van der Waals surface area contributed by atoms with Gasteiger partial charge in [-0.2, -0.15) is 0 Å². The minimum absolute atomic E-state index is 0.0246. The number of carboxylic acids is 1. The van der Waals surface area contributed by atoms with E-state index in [1.807, 2.05) is 0 Å². The molecule has 0 saturated heterocycles. The highest BCUT2D eigenvalue weighted by Crippen LogP contribution is 2.27. The van der Waals surface area contributed by atoms with Gasteiger partial charge in [0.25, 0.3) is 5.22 Å². The van der Waals surface area contributed by atoms with Gasteiger partial charge in [-0.3, -0.25) is 0 Å². The molecule has 0 aliphatic carbocycles. The van der Waals surface area contributed by atoms with Gasteiger partial charge >= 0.3 is 0 Å². The molecular weight excluding hydrogens is 304 g/mol. The first-order valence-corrected chi connectivity index (χ1v) is 7.15. The third-order valence-corrected chi connectivity index (χ3v) is 3.30. The van der Waals surface area contributed by atoms with Crippen LogP contribution in [0.4, 0.5) is 0 Å². The van der Waals surface area contributed by atoms with Crippen LogP contribution in [0.3, 0.4) is 0 Å². The molecule has 1 aromatic heterocycles. The van der Waals surface area contributed by atoms with Crippen molar-refractivity contribution in [1.82, 2.24) is 10.2 Å². The lowest BCUT2D eigenvalue weighted by molar-refractivity contribution is -0.298. The van der Waals surface area contributed by atoms with Crippen LogP contribution < -0.4 is 9.84 Å². The number of hydrogen-bond donors (Lipinski definition) is 0. The summed E-state index contributed by atoms with van der Waals surface area (Å²) in [6, 6.07) is 6.95. The summed E-state index contributed by atoms with van der Waals surface area (Å²) in [5, 5.41) is 18.7. The minimum atomic E-state index is -1.31. The topological polar surface area (TPSA) is 88.3 Å². The van der Waals surface area contributed by atoms with Crippen molar-refractivity contribution < 1.29 is 19.1 Å². The van der Waals surface area contributed by atoms with Crippen molar-refractivity contribution in [3.8, 4) is 5.75 Å². The summed E-state index contributed by atoms with van der Waals surface area (Å²) in [7, 11) is 0. The minimum Gasteiger partial charge on any atom is -0.544 e. The molecule has 2 rings (SSSR count). The Balaban J connectivity index is 2.15. The molecule has 0 amide bonds. The number of aryl methyl sites for hydroxylation is 1. The van der Waals surface area contributed by atoms with Gasteiger partial charge in [0.15, 0.2) is 0 Å². The number of carbonyl (C=O) groups excluding carboxylic acids is 1. The molecule has 0 N–H and O–H groups in total. The van der Waals surface area contributed by atoms with Gasteiger partial charge in [0, 0.05) is 11.8 Å². The number of carboxylic acid groups (broad SMARTS) is 1. The number of benzene rings is 1. The second kappa shape index (κ2) is 7.46. The Morgan fingerprint density at radius 2 is 2.14 bits per heavy atom. The molecule has 1 aromatic carbocycles. The molecule has 0 aliphatic rings. The van der Waals surface area contributed by atoms with Crippen molar-refractivity contribution in [2.45, 2.75) is 12.1 Å². The highest BCUT2D eigenvalue weighted by molar-refractivity contribution is 8.03. The Morgan fingerprint density at radius 1 is 1.41 bits per heavy atom. The summed E-state index contributed by atoms with van der Waals surface area (Å²) >= 11 is 0.845. The summed E-state index contributed by atoms with van der Waals surface area (Å²) in [5.74, 6) is -0.274.